The molecule has 0 bridgehead atoms. The van der Waals surface area contributed by atoms with Gasteiger partial charge in [-0.1, -0.05) is 6.58 Å². The average molecular weight is 272 g/mol. The van der Waals surface area contributed by atoms with E-state index in [-0.39, 0.29) is 18.4 Å². The van der Waals surface area contributed by atoms with Crippen LogP contribution in [0.5, 0.6) is 0 Å². The zero-order valence-corrected chi connectivity index (χ0v) is 10.7. The molecular weight excluding hydrogens is 260 g/mol. The van der Waals surface area contributed by atoms with Gasteiger partial charge in [0.25, 0.3) is 0 Å². The van der Waals surface area contributed by atoms with Gasteiger partial charge in [0.05, 0.1) is 0 Å². The molecule has 0 atom stereocenters. The summed E-state index contributed by atoms with van der Waals surface area (Å²) in [6.07, 6.45) is 1.22. The molecule has 2 heterocycles. The van der Waals surface area contributed by atoms with E-state index < -0.39 is 0 Å². The first-order valence-electron chi connectivity index (χ1n) is 6.13. The number of carbonyl (C=O) groups excluding carboxylic acids is 2. The van der Waals surface area contributed by atoms with E-state index >= 15 is 0 Å². The largest absolute Gasteiger partial charge is 0.328 e. The lowest BCUT2D eigenvalue weighted by Gasteiger charge is -2.33. The Hall–Kier alpha value is -2.70. The molecule has 0 saturated carbocycles. The minimum absolute atomic E-state index is 0.0555. The van der Waals surface area contributed by atoms with Gasteiger partial charge in [-0.2, -0.15) is 0 Å². The fourth-order valence-electron chi connectivity index (χ4n) is 2.20. The fraction of sp³-hybridized carbons (Fsp3) is 0.231. The number of nitrogens with zero attached hydrogens (tertiary/aromatic N) is 4. The molecule has 102 valence electrons. The molecule has 0 aliphatic carbocycles. The zero-order chi connectivity index (χ0) is 14.1. The maximum Gasteiger partial charge on any atom is 0.246 e. The van der Waals surface area contributed by atoms with Gasteiger partial charge in [0.1, 0.15) is 17.6 Å². The fourth-order valence-corrected chi connectivity index (χ4v) is 2.20. The summed E-state index contributed by atoms with van der Waals surface area (Å²) >= 11 is 0. The molecule has 0 unspecified atom stereocenters. The van der Waals surface area contributed by atoms with Crippen LogP contribution in [0.25, 0.3) is 11.0 Å². The zero-order valence-electron chi connectivity index (χ0n) is 10.7. The van der Waals surface area contributed by atoms with Crippen molar-refractivity contribution in [3.8, 4) is 0 Å². The molecule has 1 aromatic heterocycles. The monoisotopic (exact) mass is 272 g/mol. The summed E-state index contributed by atoms with van der Waals surface area (Å²) in [5.74, 6) is -0.364. The number of aromatic nitrogens is 2. The van der Waals surface area contributed by atoms with E-state index in [0.717, 1.165) is 5.69 Å². The molecule has 2 aromatic rings. The van der Waals surface area contributed by atoms with Gasteiger partial charge >= 0.3 is 0 Å². The van der Waals surface area contributed by atoms with E-state index in [2.05, 4.69) is 21.5 Å². The van der Waals surface area contributed by atoms with Crippen LogP contribution < -0.4 is 4.90 Å². The molecular formula is C13H12N4O3. The number of hydrogen-bond donors (Lipinski definition) is 0. The van der Waals surface area contributed by atoms with Gasteiger partial charge in [-0.25, -0.2) is 4.63 Å². The number of rotatable bonds is 2. The first kappa shape index (κ1) is 12.3. The lowest BCUT2D eigenvalue weighted by atomic mass is 10.2. The lowest BCUT2D eigenvalue weighted by Crippen LogP contribution is -2.52. The first-order chi connectivity index (χ1) is 9.69. The molecule has 1 aliphatic rings. The van der Waals surface area contributed by atoms with Gasteiger partial charge in [-0.05, 0) is 34.6 Å². The molecule has 0 N–H and O–H groups in total. The summed E-state index contributed by atoms with van der Waals surface area (Å²) in [7, 11) is 0. The van der Waals surface area contributed by atoms with Crippen molar-refractivity contribution < 1.29 is 14.2 Å². The van der Waals surface area contributed by atoms with Gasteiger partial charge in [0, 0.05) is 18.8 Å². The smallest absolute Gasteiger partial charge is 0.246 e. The van der Waals surface area contributed by atoms with Crippen LogP contribution in [0.15, 0.2) is 35.5 Å². The first-order valence-corrected chi connectivity index (χ1v) is 6.13. The van der Waals surface area contributed by atoms with Crippen LogP contribution in [0.2, 0.25) is 0 Å². The number of amides is 2. The number of piperazine rings is 1. The number of hydrogen-bond acceptors (Lipinski definition) is 5. The third-order valence-electron chi connectivity index (χ3n) is 3.26. The quantitative estimate of drug-likeness (QED) is 0.747. The maximum absolute atomic E-state index is 12.1. The van der Waals surface area contributed by atoms with Gasteiger partial charge < -0.3 is 9.80 Å². The summed E-state index contributed by atoms with van der Waals surface area (Å²) in [5.41, 5.74) is 1.96. The highest BCUT2D eigenvalue weighted by molar-refractivity contribution is 6.00. The van der Waals surface area contributed by atoms with Gasteiger partial charge in [-0.3, -0.25) is 9.59 Å². The molecule has 1 aliphatic heterocycles. The van der Waals surface area contributed by atoms with Gasteiger partial charge in [0.2, 0.25) is 11.8 Å². The van der Waals surface area contributed by atoms with Crippen molar-refractivity contribution in [1.29, 1.82) is 0 Å². The second-order valence-electron chi connectivity index (χ2n) is 4.45. The third kappa shape index (κ3) is 2.03. The van der Waals surface area contributed by atoms with Crippen LogP contribution in [-0.4, -0.2) is 46.7 Å². The third-order valence-corrected chi connectivity index (χ3v) is 3.26. The molecule has 0 spiro atoms. The van der Waals surface area contributed by atoms with Crippen molar-refractivity contribution in [2.45, 2.75) is 0 Å². The van der Waals surface area contributed by atoms with E-state index in [1.807, 2.05) is 0 Å². The molecule has 1 saturated heterocycles. The summed E-state index contributed by atoms with van der Waals surface area (Å²) in [4.78, 5) is 26.7. The van der Waals surface area contributed by atoms with Crippen LogP contribution in [0.1, 0.15) is 0 Å². The van der Waals surface area contributed by atoms with Crippen molar-refractivity contribution in [1.82, 2.24) is 15.2 Å². The van der Waals surface area contributed by atoms with Crippen LogP contribution in [0.3, 0.4) is 0 Å². The summed E-state index contributed by atoms with van der Waals surface area (Å²) in [6, 6.07) is 5.28. The van der Waals surface area contributed by atoms with Crippen LogP contribution >= 0.6 is 0 Å². The van der Waals surface area contributed by atoms with Crippen molar-refractivity contribution >= 4 is 28.5 Å². The van der Waals surface area contributed by atoms with Crippen molar-refractivity contribution in [3.05, 3.63) is 30.9 Å². The van der Waals surface area contributed by atoms with Crippen LogP contribution in [0, 0.1) is 0 Å². The normalized spacial score (nSPS) is 15.7. The minimum atomic E-state index is -0.228. The molecule has 7 heteroatoms. The topological polar surface area (TPSA) is 79.5 Å². The summed E-state index contributed by atoms with van der Waals surface area (Å²) < 4.78 is 4.63. The molecule has 7 nitrogen and oxygen atoms in total. The maximum atomic E-state index is 12.1. The van der Waals surface area contributed by atoms with E-state index in [0.29, 0.717) is 24.1 Å². The highest BCUT2D eigenvalue weighted by atomic mass is 16.6. The van der Waals surface area contributed by atoms with E-state index in [9.17, 15) is 9.59 Å². The number of benzene rings is 1. The summed E-state index contributed by atoms with van der Waals surface area (Å²) in [5, 5.41) is 7.47. The summed E-state index contributed by atoms with van der Waals surface area (Å²) in [6.45, 7) is 4.40. The van der Waals surface area contributed by atoms with E-state index in [4.69, 9.17) is 0 Å². The number of carbonyl (C=O) groups is 2. The Morgan fingerprint density at radius 2 is 2.10 bits per heavy atom. The Bertz CT molecular complexity index is 694. The second-order valence-corrected chi connectivity index (χ2v) is 4.45. The lowest BCUT2D eigenvalue weighted by molar-refractivity contribution is -0.133. The Balaban J connectivity index is 1.83. The Labute approximate surface area is 114 Å². The van der Waals surface area contributed by atoms with E-state index in [1.165, 1.54) is 11.0 Å². The van der Waals surface area contributed by atoms with Gasteiger partial charge in [0.15, 0.2) is 0 Å². The van der Waals surface area contributed by atoms with Crippen molar-refractivity contribution in [2.75, 3.05) is 24.5 Å². The second kappa shape index (κ2) is 4.76. The minimum Gasteiger partial charge on any atom is -0.328 e. The Morgan fingerprint density at radius 3 is 2.85 bits per heavy atom. The number of fused-ring (bicyclic) bond motifs is 1. The predicted octanol–water partition coefficient (Wildman–Crippen LogP) is 0.584. The molecule has 1 aromatic carbocycles. The molecule has 20 heavy (non-hydrogen) atoms. The Kier molecular flexibility index (Phi) is 2.94. The molecule has 0 radical (unpaired) electrons. The molecule has 2 amide bonds. The SMILES string of the molecule is C=CC(=O)N1CCN(c2ccc3nonc3c2)C(=O)C1. The van der Waals surface area contributed by atoms with Crippen molar-refractivity contribution in [2.24, 2.45) is 0 Å². The van der Waals surface area contributed by atoms with Gasteiger partial charge in [-0.15, -0.1) is 0 Å². The predicted molar refractivity (Wildman–Crippen MR) is 70.9 cm³/mol. The van der Waals surface area contributed by atoms with E-state index in [1.54, 1.807) is 23.1 Å². The van der Waals surface area contributed by atoms with Crippen LogP contribution in [0.4, 0.5) is 5.69 Å². The van der Waals surface area contributed by atoms with Crippen LogP contribution in [-0.2, 0) is 9.59 Å². The Morgan fingerprint density at radius 1 is 1.30 bits per heavy atom. The van der Waals surface area contributed by atoms with Crippen molar-refractivity contribution in [3.63, 3.8) is 0 Å². The average Bonchev–Trinajstić information content (AvgIpc) is 2.93. The highest BCUT2D eigenvalue weighted by Gasteiger charge is 2.27. The number of anilines is 1. The molecule has 3 rings (SSSR count). The molecule has 1 fully saturated rings. The standard InChI is InChI=1S/C13H12N4O3/c1-2-12(18)16-5-6-17(13(19)8-16)9-3-4-10-11(7-9)15-20-14-10/h2-4,7H,1,5-6,8H2. The highest BCUT2D eigenvalue weighted by Crippen LogP contribution is 2.21.